The van der Waals surface area contributed by atoms with Crippen LogP contribution in [0.4, 0.5) is 5.69 Å². The maximum Gasteiger partial charge on any atom is 0.190 e. The Morgan fingerprint density at radius 1 is 1.10 bits per heavy atom. The molecule has 0 atom stereocenters. The van der Waals surface area contributed by atoms with Gasteiger partial charge in [0.05, 0.1) is 5.01 Å². The number of hydrogen-bond acceptors (Lipinski definition) is 5. The number of aromatic nitrogens is 1. The molecule has 2 heterocycles. The van der Waals surface area contributed by atoms with Crippen LogP contribution in [0, 0.1) is 6.92 Å². The molecule has 1 fully saturated rings. The fraction of sp³-hybridized carbons (Fsp3) is 0.524. The number of guanidine groups is 1. The van der Waals surface area contributed by atoms with Gasteiger partial charge in [0.1, 0.15) is 0 Å². The van der Waals surface area contributed by atoms with Crippen LogP contribution >= 0.6 is 35.3 Å². The fourth-order valence-electron chi connectivity index (χ4n) is 3.40. The van der Waals surface area contributed by atoms with E-state index in [2.05, 4.69) is 67.7 Å². The van der Waals surface area contributed by atoms with Crippen LogP contribution < -0.4 is 15.5 Å². The van der Waals surface area contributed by atoms with Gasteiger partial charge in [-0.05, 0) is 32.0 Å². The highest BCUT2D eigenvalue weighted by Crippen LogP contribution is 2.15. The van der Waals surface area contributed by atoms with Crippen molar-refractivity contribution in [3.05, 3.63) is 46.4 Å². The number of nitrogens with one attached hydrogen (secondary N) is 2. The molecule has 1 saturated heterocycles. The molecule has 0 bridgehead atoms. The van der Waals surface area contributed by atoms with Crippen LogP contribution in [0.25, 0.3) is 0 Å². The summed E-state index contributed by atoms with van der Waals surface area (Å²) in [6.07, 6.45) is 4.00. The van der Waals surface area contributed by atoms with E-state index in [1.54, 1.807) is 11.3 Å². The molecular weight excluding hydrogens is 495 g/mol. The molecule has 1 aromatic heterocycles. The number of aliphatic imine (C=N–C) groups is 1. The lowest BCUT2D eigenvalue weighted by molar-refractivity contribution is 0.255. The SMILES string of the molecule is CN=C(NCCCN1CCN(c2ccccc2)CC1)NCCc1ncc(C)s1.I. The van der Waals surface area contributed by atoms with E-state index >= 15 is 0 Å². The summed E-state index contributed by atoms with van der Waals surface area (Å²) in [6.45, 7) is 9.50. The molecule has 2 N–H and O–H groups in total. The lowest BCUT2D eigenvalue weighted by atomic mass is 10.2. The number of para-hydroxylation sites is 1. The Labute approximate surface area is 195 Å². The molecule has 1 aliphatic rings. The van der Waals surface area contributed by atoms with Crippen LogP contribution in [0.5, 0.6) is 0 Å². The summed E-state index contributed by atoms with van der Waals surface area (Å²) in [7, 11) is 1.83. The third-order valence-corrected chi connectivity index (χ3v) is 5.93. The Morgan fingerprint density at radius 3 is 2.48 bits per heavy atom. The smallest absolute Gasteiger partial charge is 0.190 e. The van der Waals surface area contributed by atoms with E-state index in [1.807, 2.05) is 13.2 Å². The molecule has 8 heteroatoms. The minimum absolute atomic E-state index is 0. The van der Waals surface area contributed by atoms with Gasteiger partial charge in [-0.15, -0.1) is 35.3 Å². The molecule has 0 spiro atoms. The first-order valence-corrected chi connectivity index (χ1v) is 10.9. The molecule has 3 rings (SSSR count). The van der Waals surface area contributed by atoms with Crippen molar-refractivity contribution < 1.29 is 0 Å². The summed E-state index contributed by atoms with van der Waals surface area (Å²) < 4.78 is 0. The Balaban J connectivity index is 0.00000300. The second-order valence-electron chi connectivity index (χ2n) is 7.06. The molecule has 0 radical (unpaired) electrons. The number of hydrogen-bond donors (Lipinski definition) is 2. The second kappa shape index (κ2) is 13.0. The molecule has 29 heavy (non-hydrogen) atoms. The van der Waals surface area contributed by atoms with Crippen LogP contribution in [-0.4, -0.2) is 68.7 Å². The summed E-state index contributed by atoms with van der Waals surface area (Å²) in [5.41, 5.74) is 1.34. The number of anilines is 1. The molecule has 0 amide bonds. The predicted octanol–water partition coefficient (Wildman–Crippen LogP) is 2.99. The van der Waals surface area contributed by atoms with E-state index < -0.39 is 0 Å². The molecule has 0 saturated carbocycles. The van der Waals surface area contributed by atoms with Gasteiger partial charge in [0.2, 0.25) is 0 Å². The average molecular weight is 529 g/mol. The molecule has 6 nitrogen and oxygen atoms in total. The van der Waals surface area contributed by atoms with Gasteiger partial charge in [0.15, 0.2) is 5.96 Å². The average Bonchev–Trinajstić information content (AvgIpc) is 3.16. The van der Waals surface area contributed by atoms with Crippen molar-refractivity contribution in [1.82, 2.24) is 20.5 Å². The maximum atomic E-state index is 4.40. The Kier molecular flexibility index (Phi) is 10.7. The van der Waals surface area contributed by atoms with Gasteiger partial charge in [0, 0.05) is 69.5 Å². The Morgan fingerprint density at radius 2 is 1.83 bits per heavy atom. The molecule has 0 aliphatic carbocycles. The van der Waals surface area contributed by atoms with Crippen molar-refractivity contribution in [2.24, 2.45) is 4.99 Å². The molecule has 1 aliphatic heterocycles. The lowest BCUT2D eigenvalue weighted by Gasteiger charge is -2.36. The number of benzene rings is 1. The first kappa shape index (κ1) is 23.9. The van der Waals surface area contributed by atoms with E-state index in [1.165, 1.54) is 15.6 Å². The van der Waals surface area contributed by atoms with Crippen LogP contribution in [0.2, 0.25) is 0 Å². The zero-order valence-corrected chi connectivity index (χ0v) is 20.6. The van der Waals surface area contributed by atoms with Gasteiger partial charge in [-0.25, -0.2) is 4.98 Å². The van der Waals surface area contributed by atoms with E-state index in [9.17, 15) is 0 Å². The van der Waals surface area contributed by atoms with Crippen molar-refractivity contribution in [1.29, 1.82) is 0 Å². The second-order valence-corrected chi connectivity index (χ2v) is 8.38. The van der Waals surface area contributed by atoms with Crippen LogP contribution in [0.3, 0.4) is 0 Å². The van der Waals surface area contributed by atoms with Crippen molar-refractivity contribution in [2.45, 2.75) is 19.8 Å². The summed E-state index contributed by atoms with van der Waals surface area (Å²) in [6, 6.07) is 10.7. The highest BCUT2D eigenvalue weighted by Gasteiger charge is 2.16. The normalized spacial score (nSPS) is 15.1. The number of piperazine rings is 1. The third-order valence-electron chi connectivity index (χ3n) is 4.96. The number of thiazole rings is 1. The van der Waals surface area contributed by atoms with E-state index in [-0.39, 0.29) is 24.0 Å². The maximum absolute atomic E-state index is 4.40. The van der Waals surface area contributed by atoms with Gasteiger partial charge in [-0.1, -0.05) is 18.2 Å². The van der Waals surface area contributed by atoms with Gasteiger partial charge in [0.25, 0.3) is 0 Å². The Hall–Kier alpha value is -1.39. The van der Waals surface area contributed by atoms with Gasteiger partial charge >= 0.3 is 0 Å². The van der Waals surface area contributed by atoms with E-state index in [0.29, 0.717) is 0 Å². The van der Waals surface area contributed by atoms with Gasteiger partial charge in [-0.2, -0.15) is 0 Å². The molecular formula is C21H33IN6S. The van der Waals surface area contributed by atoms with E-state index in [0.717, 1.165) is 64.6 Å². The highest BCUT2D eigenvalue weighted by atomic mass is 127. The van der Waals surface area contributed by atoms with Crippen LogP contribution in [0.15, 0.2) is 41.5 Å². The number of aryl methyl sites for hydroxylation is 1. The number of halogens is 1. The third kappa shape index (κ3) is 8.10. The first-order valence-electron chi connectivity index (χ1n) is 10.1. The standard InChI is InChI=1S/C21H32N6S.HI/c1-18-17-25-20(28-18)9-11-24-21(22-2)23-10-6-12-26-13-15-27(16-14-26)19-7-4-3-5-8-19;/h3-5,7-8,17H,6,9-16H2,1-2H3,(H2,22,23,24);1H. The van der Waals surface area contributed by atoms with Gasteiger partial charge < -0.3 is 15.5 Å². The summed E-state index contributed by atoms with van der Waals surface area (Å²) in [4.78, 5) is 15.0. The zero-order chi connectivity index (χ0) is 19.6. The quantitative estimate of drug-likeness (QED) is 0.239. The topological polar surface area (TPSA) is 55.8 Å². The monoisotopic (exact) mass is 528 g/mol. The molecule has 0 unspecified atom stereocenters. The summed E-state index contributed by atoms with van der Waals surface area (Å²) in [5, 5.41) is 7.97. The van der Waals surface area contributed by atoms with Crippen molar-refractivity contribution >= 4 is 47.0 Å². The van der Waals surface area contributed by atoms with E-state index in [4.69, 9.17) is 0 Å². The van der Waals surface area contributed by atoms with Crippen LogP contribution in [-0.2, 0) is 6.42 Å². The number of rotatable bonds is 8. The molecule has 2 aromatic rings. The molecule has 160 valence electrons. The highest BCUT2D eigenvalue weighted by molar-refractivity contribution is 14.0. The van der Waals surface area contributed by atoms with Crippen LogP contribution in [0.1, 0.15) is 16.3 Å². The Bertz CT molecular complexity index is 728. The first-order chi connectivity index (χ1) is 13.7. The number of nitrogens with zero attached hydrogens (tertiary/aromatic N) is 4. The lowest BCUT2D eigenvalue weighted by Crippen LogP contribution is -2.47. The minimum Gasteiger partial charge on any atom is -0.369 e. The molecule has 1 aromatic carbocycles. The van der Waals surface area contributed by atoms with Gasteiger partial charge in [-0.3, -0.25) is 9.89 Å². The summed E-state index contributed by atoms with van der Waals surface area (Å²) in [5.74, 6) is 0.877. The van der Waals surface area contributed by atoms with Crippen molar-refractivity contribution in [3.8, 4) is 0 Å². The summed E-state index contributed by atoms with van der Waals surface area (Å²) >= 11 is 1.76. The predicted molar refractivity (Wildman–Crippen MR) is 135 cm³/mol. The fourth-order valence-corrected chi connectivity index (χ4v) is 4.19. The van der Waals surface area contributed by atoms with Crippen molar-refractivity contribution in [2.75, 3.05) is 57.8 Å². The van der Waals surface area contributed by atoms with Crippen molar-refractivity contribution in [3.63, 3.8) is 0 Å². The largest absolute Gasteiger partial charge is 0.369 e. The minimum atomic E-state index is 0. The zero-order valence-electron chi connectivity index (χ0n) is 17.4.